The number of aryl methyl sites for hydroxylation is 1. The van der Waals surface area contributed by atoms with Crippen LogP contribution < -0.4 is 0 Å². The number of para-hydroxylation sites is 1. The summed E-state index contributed by atoms with van der Waals surface area (Å²) in [7, 11) is 0. The van der Waals surface area contributed by atoms with Crippen molar-refractivity contribution in [2.75, 3.05) is 0 Å². The Morgan fingerprint density at radius 1 is 0.947 bits per heavy atom. The Balaban J connectivity index is 2.10. The molecule has 0 saturated carbocycles. The lowest BCUT2D eigenvalue weighted by molar-refractivity contribution is 0.668. The highest BCUT2D eigenvalue weighted by Crippen LogP contribution is 2.36. The number of hydrogen-bond acceptors (Lipinski definition) is 1. The Morgan fingerprint density at radius 2 is 1.84 bits per heavy atom. The highest BCUT2D eigenvalue weighted by atomic mass is 16.3. The Bertz CT molecular complexity index is 882. The normalized spacial score (nSPS) is 11.4. The minimum Gasteiger partial charge on any atom is -0.454 e. The van der Waals surface area contributed by atoms with Crippen LogP contribution in [0.5, 0.6) is 0 Å². The van der Waals surface area contributed by atoms with Crippen molar-refractivity contribution in [1.82, 2.24) is 4.98 Å². The van der Waals surface area contributed by atoms with Crippen molar-refractivity contribution < 1.29 is 4.42 Å². The molecule has 0 bridgehead atoms. The topological polar surface area (TPSA) is 28.9 Å². The molecule has 4 aromatic rings. The standard InChI is InChI=1S/C17H13NO/c1-11-5-4-6-12(9-11)17-16-13-7-2-3-8-14(13)19-15(16)10-18-17/h2-10,18H,1H3. The Morgan fingerprint density at radius 3 is 2.74 bits per heavy atom. The molecule has 4 rings (SSSR count). The van der Waals surface area contributed by atoms with Gasteiger partial charge in [0, 0.05) is 11.6 Å². The van der Waals surface area contributed by atoms with E-state index in [-0.39, 0.29) is 0 Å². The molecular weight excluding hydrogens is 234 g/mol. The summed E-state index contributed by atoms with van der Waals surface area (Å²) in [6, 6.07) is 16.7. The van der Waals surface area contributed by atoms with Gasteiger partial charge in [-0.15, -0.1) is 0 Å². The molecule has 19 heavy (non-hydrogen) atoms. The monoisotopic (exact) mass is 247 g/mol. The molecule has 2 heterocycles. The van der Waals surface area contributed by atoms with Gasteiger partial charge in [-0.25, -0.2) is 0 Å². The first-order valence-corrected chi connectivity index (χ1v) is 6.38. The van der Waals surface area contributed by atoms with Crippen molar-refractivity contribution in [2.45, 2.75) is 6.92 Å². The smallest absolute Gasteiger partial charge is 0.153 e. The second kappa shape index (κ2) is 3.75. The summed E-state index contributed by atoms with van der Waals surface area (Å²) in [6.07, 6.45) is 1.94. The molecule has 92 valence electrons. The third-order valence-corrected chi connectivity index (χ3v) is 3.53. The van der Waals surface area contributed by atoms with Gasteiger partial charge in [0.05, 0.1) is 11.1 Å². The van der Waals surface area contributed by atoms with E-state index in [1.807, 2.05) is 24.4 Å². The first kappa shape index (κ1) is 10.4. The number of hydrogen-bond donors (Lipinski definition) is 1. The van der Waals surface area contributed by atoms with Crippen LogP contribution in [0.2, 0.25) is 0 Å². The predicted octanol–water partition coefficient (Wildman–Crippen LogP) is 4.89. The highest BCUT2D eigenvalue weighted by molar-refractivity contribution is 6.11. The van der Waals surface area contributed by atoms with Crippen LogP contribution in [-0.4, -0.2) is 4.98 Å². The lowest BCUT2D eigenvalue weighted by Gasteiger charge is -2.00. The number of benzene rings is 2. The third-order valence-electron chi connectivity index (χ3n) is 3.53. The van der Waals surface area contributed by atoms with E-state index in [0.717, 1.165) is 22.2 Å². The molecule has 0 amide bonds. The first-order chi connectivity index (χ1) is 9.33. The van der Waals surface area contributed by atoms with Crippen LogP contribution in [0.3, 0.4) is 0 Å². The SMILES string of the molecule is Cc1cccc(-c2[nH]cc3oc4ccccc4c23)c1. The molecule has 2 aromatic carbocycles. The first-order valence-electron chi connectivity index (χ1n) is 6.38. The molecule has 0 atom stereocenters. The summed E-state index contributed by atoms with van der Waals surface area (Å²) >= 11 is 0. The van der Waals surface area contributed by atoms with E-state index in [2.05, 4.69) is 42.2 Å². The highest BCUT2D eigenvalue weighted by Gasteiger charge is 2.13. The van der Waals surface area contributed by atoms with E-state index in [9.17, 15) is 0 Å². The number of fused-ring (bicyclic) bond motifs is 3. The van der Waals surface area contributed by atoms with E-state index in [4.69, 9.17) is 4.42 Å². The van der Waals surface area contributed by atoms with Crippen LogP contribution >= 0.6 is 0 Å². The van der Waals surface area contributed by atoms with Crippen LogP contribution in [0.4, 0.5) is 0 Å². The molecule has 0 aliphatic rings. The average molecular weight is 247 g/mol. The summed E-state index contributed by atoms with van der Waals surface area (Å²) in [5.74, 6) is 0. The average Bonchev–Trinajstić information content (AvgIpc) is 2.97. The van der Waals surface area contributed by atoms with Crippen LogP contribution in [-0.2, 0) is 0 Å². The van der Waals surface area contributed by atoms with E-state index >= 15 is 0 Å². The molecule has 2 heteroatoms. The zero-order valence-electron chi connectivity index (χ0n) is 10.6. The Labute approximate surface area is 110 Å². The molecule has 0 spiro atoms. The molecule has 0 saturated heterocycles. The fourth-order valence-corrected chi connectivity index (χ4v) is 2.66. The van der Waals surface area contributed by atoms with Gasteiger partial charge in [0.25, 0.3) is 0 Å². The van der Waals surface area contributed by atoms with Crippen molar-refractivity contribution >= 4 is 21.9 Å². The molecule has 0 radical (unpaired) electrons. The fourth-order valence-electron chi connectivity index (χ4n) is 2.66. The van der Waals surface area contributed by atoms with Crippen LogP contribution in [0, 0.1) is 6.92 Å². The predicted molar refractivity (Wildman–Crippen MR) is 78.2 cm³/mol. The van der Waals surface area contributed by atoms with Gasteiger partial charge < -0.3 is 9.40 Å². The van der Waals surface area contributed by atoms with Crippen LogP contribution in [0.1, 0.15) is 5.56 Å². The number of furan rings is 1. The van der Waals surface area contributed by atoms with E-state index in [1.165, 1.54) is 16.5 Å². The van der Waals surface area contributed by atoms with Gasteiger partial charge in [-0.2, -0.15) is 0 Å². The summed E-state index contributed by atoms with van der Waals surface area (Å²) in [5, 5.41) is 2.33. The van der Waals surface area contributed by atoms with E-state index < -0.39 is 0 Å². The number of aromatic nitrogens is 1. The van der Waals surface area contributed by atoms with Crippen molar-refractivity contribution in [3.05, 3.63) is 60.3 Å². The lowest BCUT2D eigenvalue weighted by atomic mass is 10.1. The van der Waals surface area contributed by atoms with Crippen molar-refractivity contribution in [3.8, 4) is 11.3 Å². The molecule has 0 aliphatic carbocycles. The molecule has 0 aliphatic heterocycles. The fraction of sp³-hybridized carbons (Fsp3) is 0.0588. The summed E-state index contributed by atoms with van der Waals surface area (Å²) in [5.41, 5.74) is 5.44. The summed E-state index contributed by atoms with van der Waals surface area (Å²) in [4.78, 5) is 3.34. The van der Waals surface area contributed by atoms with Gasteiger partial charge >= 0.3 is 0 Å². The maximum atomic E-state index is 5.85. The molecule has 2 aromatic heterocycles. The van der Waals surface area contributed by atoms with Crippen molar-refractivity contribution in [3.63, 3.8) is 0 Å². The zero-order valence-corrected chi connectivity index (χ0v) is 10.6. The van der Waals surface area contributed by atoms with E-state index in [0.29, 0.717) is 0 Å². The number of aromatic amines is 1. The quantitative estimate of drug-likeness (QED) is 0.509. The van der Waals surface area contributed by atoms with Gasteiger partial charge in [0.15, 0.2) is 5.58 Å². The summed E-state index contributed by atoms with van der Waals surface area (Å²) < 4.78 is 5.85. The maximum Gasteiger partial charge on any atom is 0.153 e. The van der Waals surface area contributed by atoms with Gasteiger partial charge in [-0.3, -0.25) is 0 Å². The van der Waals surface area contributed by atoms with Gasteiger partial charge in [0.1, 0.15) is 5.58 Å². The number of H-pyrrole nitrogens is 1. The summed E-state index contributed by atoms with van der Waals surface area (Å²) in [6.45, 7) is 2.11. The van der Waals surface area contributed by atoms with Gasteiger partial charge in [-0.1, -0.05) is 42.0 Å². The third kappa shape index (κ3) is 1.50. The molecule has 2 nitrogen and oxygen atoms in total. The second-order valence-corrected chi connectivity index (χ2v) is 4.87. The molecule has 1 N–H and O–H groups in total. The zero-order chi connectivity index (χ0) is 12.8. The number of rotatable bonds is 1. The van der Waals surface area contributed by atoms with Crippen molar-refractivity contribution in [2.24, 2.45) is 0 Å². The minimum atomic E-state index is 0.915. The second-order valence-electron chi connectivity index (χ2n) is 4.87. The Kier molecular flexibility index (Phi) is 2.06. The van der Waals surface area contributed by atoms with Crippen LogP contribution in [0.25, 0.3) is 33.2 Å². The Hall–Kier alpha value is -2.48. The molecule has 0 unspecified atom stereocenters. The van der Waals surface area contributed by atoms with Crippen LogP contribution in [0.15, 0.2) is 59.1 Å². The molecular formula is C17H13NO. The molecule has 0 fully saturated rings. The minimum absolute atomic E-state index is 0.915. The van der Waals surface area contributed by atoms with E-state index in [1.54, 1.807) is 0 Å². The maximum absolute atomic E-state index is 5.85. The largest absolute Gasteiger partial charge is 0.454 e. The van der Waals surface area contributed by atoms with Gasteiger partial charge in [-0.05, 0) is 24.6 Å². The number of nitrogens with one attached hydrogen (secondary N) is 1. The van der Waals surface area contributed by atoms with Crippen molar-refractivity contribution in [1.29, 1.82) is 0 Å². The lowest BCUT2D eigenvalue weighted by Crippen LogP contribution is -1.79. The van der Waals surface area contributed by atoms with Gasteiger partial charge in [0.2, 0.25) is 0 Å².